The van der Waals surface area contributed by atoms with Crippen LogP contribution in [0.4, 0.5) is 17.6 Å². The Hall–Kier alpha value is -1.40. The molecule has 6 nitrogen and oxygen atoms in total. The van der Waals surface area contributed by atoms with Crippen LogP contribution in [0.3, 0.4) is 0 Å². The van der Waals surface area contributed by atoms with Crippen molar-refractivity contribution < 1.29 is 38.6 Å². The summed E-state index contributed by atoms with van der Waals surface area (Å²) in [7, 11) is -7.69. The summed E-state index contributed by atoms with van der Waals surface area (Å²) in [6, 6.07) is 0. The topological polar surface area (TPSA) is 80.8 Å². The highest BCUT2D eigenvalue weighted by atomic mass is 32.2. The lowest BCUT2D eigenvalue weighted by Crippen LogP contribution is -2.27. The molecule has 1 aromatic rings. The molecule has 0 aliphatic rings. The molecule has 12 heteroatoms. The number of nitrogens with zero attached hydrogens (tertiary/aromatic N) is 1. The molecule has 1 aromatic carbocycles. The van der Waals surface area contributed by atoms with Crippen LogP contribution >= 0.6 is 0 Å². The first kappa shape index (κ1) is 19.6. The average molecular weight is 379 g/mol. The third kappa shape index (κ3) is 3.43. The molecule has 0 fully saturated rings. The molecule has 0 heterocycles. The molecular formula is C11H13F4NO5S2. The fourth-order valence-electron chi connectivity index (χ4n) is 1.29. The number of benzene rings is 1. The summed E-state index contributed by atoms with van der Waals surface area (Å²) < 4.78 is 106. The molecule has 0 bridgehead atoms. The van der Waals surface area contributed by atoms with Crippen LogP contribution < -0.4 is 4.18 Å². The van der Waals surface area contributed by atoms with Crippen LogP contribution in [0.2, 0.25) is 0 Å². The molecule has 132 valence electrons. The van der Waals surface area contributed by atoms with E-state index in [9.17, 15) is 34.4 Å². The minimum Gasteiger partial charge on any atom is -0.377 e. The maximum atomic E-state index is 13.9. The fourth-order valence-corrected chi connectivity index (χ4v) is 2.97. The average Bonchev–Trinajstić information content (AvgIpc) is 2.41. The number of halogens is 4. The lowest BCUT2D eigenvalue weighted by Gasteiger charge is -2.18. The Balaban J connectivity index is 3.89. The first-order valence-electron chi connectivity index (χ1n) is 5.96. The summed E-state index contributed by atoms with van der Waals surface area (Å²) in [6.07, 6.45) is 0. The largest absolute Gasteiger partial charge is 0.377 e. The van der Waals surface area contributed by atoms with Crippen molar-refractivity contribution in [2.75, 3.05) is 14.1 Å². The van der Waals surface area contributed by atoms with E-state index >= 15 is 0 Å². The van der Waals surface area contributed by atoms with E-state index in [2.05, 4.69) is 4.18 Å². The monoisotopic (exact) mass is 379 g/mol. The van der Waals surface area contributed by atoms with Crippen molar-refractivity contribution in [3.8, 4) is 5.75 Å². The van der Waals surface area contributed by atoms with Gasteiger partial charge in [-0.2, -0.15) is 12.8 Å². The minimum atomic E-state index is -4.88. The summed E-state index contributed by atoms with van der Waals surface area (Å²) in [4.78, 5) is -1.75. The quantitative estimate of drug-likeness (QED) is 0.336. The molecule has 0 aliphatic heterocycles. The van der Waals surface area contributed by atoms with Crippen LogP contribution in [0, 0.1) is 23.3 Å². The Morgan fingerprint density at radius 2 is 1.30 bits per heavy atom. The molecule has 1 rings (SSSR count). The van der Waals surface area contributed by atoms with Gasteiger partial charge in [-0.05, 0) is 13.8 Å². The number of hydrogen-bond acceptors (Lipinski definition) is 5. The maximum absolute atomic E-state index is 13.9. The van der Waals surface area contributed by atoms with Crippen molar-refractivity contribution in [1.29, 1.82) is 0 Å². The Bertz CT molecular complexity index is 835. The van der Waals surface area contributed by atoms with Gasteiger partial charge >= 0.3 is 10.1 Å². The van der Waals surface area contributed by atoms with Crippen LogP contribution in [0.5, 0.6) is 5.75 Å². The Morgan fingerprint density at radius 3 is 1.70 bits per heavy atom. The zero-order valence-electron chi connectivity index (χ0n) is 12.4. The van der Waals surface area contributed by atoms with Crippen LogP contribution in [0.25, 0.3) is 0 Å². The van der Waals surface area contributed by atoms with Crippen molar-refractivity contribution in [3.63, 3.8) is 0 Å². The number of rotatable bonds is 5. The Morgan fingerprint density at radius 1 is 0.870 bits per heavy atom. The lowest BCUT2D eigenvalue weighted by molar-refractivity contribution is 0.363. The van der Waals surface area contributed by atoms with Crippen LogP contribution in [-0.4, -0.2) is 40.5 Å². The molecule has 0 spiro atoms. The Labute approximate surface area is 130 Å². The van der Waals surface area contributed by atoms with Gasteiger partial charge in [0.05, 0.1) is 5.25 Å². The molecule has 0 radical (unpaired) electrons. The molecule has 0 aromatic heterocycles. The molecular weight excluding hydrogens is 366 g/mol. The smallest absolute Gasteiger partial charge is 0.311 e. The first-order chi connectivity index (χ1) is 10.2. The second-order valence-electron chi connectivity index (χ2n) is 4.83. The minimum absolute atomic E-state index is 0.358. The molecule has 0 saturated carbocycles. The highest BCUT2D eigenvalue weighted by molar-refractivity contribution is 7.89. The highest BCUT2D eigenvalue weighted by Gasteiger charge is 2.38. The Kier molecular flexibility index (Phi) is 5.33. The van der Waals surface area contributed by atoms with Crippen LogP contribution in [0.15, 0.2) is 4.90 Å². The fraction of sp³-hybridized carbons (Fsp3) is 0.455. The maximum Gasteiger partial charge on any atom is 0.311 e. The first-order valence-corrected chi connectivity index (χ1v) is 8.88. The van der Waals surface area contributed by atoms with E-state index in [4.69, 9.17) is 0 Å². The summed E-state index contributed by atoms with van der Waals surface area (Å²) in [5.74, 6) is -11.1. The van der Waals surface area contributed by atoms with Gasteiger partial charge in [0.15, 0.2) is 16.5 Å². The second kappa shape index (κ2) is 6.24. The third-order valence-electron chi connectivity index (χ3n) is 2.70. The molecule has 0 N–H and O–H groups in total. The normalized spacial score (nSPS) is 13.0. The number of hydrogen-bond donors (Lipinski definition) is 0. The van der Waals surface area contributed by atoms with Crippen molar-refractivity contribution in [2.45, 2.75) is 24.0 Å². The van der Waals surface area contributed by atoms with E-state index in [1.807, 2.05) is 0 Å². The summed E-state index contributed by atoms with van der Waals surface area (Å²) in [6.45, 7) is 2.20. The summed E-state index contributed by atoms with van der Waals surface area (Å²) >= 11 is 0. The van der Waals surface area contributed by atoms with Gasteiger partial charge in [-0.1, -0.05) is 0 Å². The summed E-state index contributed by atoms with van der Waals surface area (Å²) in [5.41, 5.74) is 0. The van der Waals surface area contributed by atoms with Crippen molar-refractivity contribution >= 4 is 20.1 Å². The van der Waals surface area contributed by atoms with E-state index in [1.54, 1.807) is 0 Å². The van der Waals surface area contributed by atoms with E-state index in [1.165, 1.54) is 0 Å². The van der Waals surface area contributed by atoms with Crippen molar-refractivity contribution in [3.05, 3.63) is 23.3 Å². The second-order valence-corrected chi connectivity index (χ2v) is 9.01. The zero-order valence-corrected chi connectivity index (χ0v) is 14.0. The number of sulfonamides is 1. The van der Waals surface area contributed by atoms with Crippen molar-refractivity contribution in [2.24, 2.45) is 0 Å². The predicted molar refractivity (Wildman–Crippen MR) is 71.8 cm³/mol. The third-order valence-corrected chi connectivity index (χ3v) is 6.09. The predicted octanol–water partition coefficient (Wildman–Crippen LogP) is 1.61. The lowest BCUT2D eigenvalue weighted by atomic mass is 10.3. The van der Waals surface area contributed by atoms with E-state index in [-0.39, 0.29) is 0 Å². The summed E-state index contributed by atoms with van der Waals surface area (Å²) in [5, 5.41) is -1.28. The van der Waals surface area contributed by atoms with Crippen LogP contribution in [-0.2, 0) is 20.1 Å². The molecule has 0 unspecified atom stereocenters. The van der Waals surface area contributed by atoms with E-state index < -0.39 is 59.3 Å². The molecule has 0 aliphatic carbocycles. The standard InChI is InChI=1S/C11H13F4NO5S2/c1-5(2)23(19,20)21-10-8(14)6(12)7(13)9(15)11(10)22(17,18)16(3)4/h5H,1-4H3. The van der Waals surface area contributed by atoms with Gasteiger partial charge in [0.1, 0.15) is 0 Å². The SMILES string of the molecule is CC(C)S(=O)(=O)Oc1c(F)c(F)c(F)c(F)c1S(=O)(=O)N(C)C. The van der Waals surface area contributed by atoms with Gasteiger partial charge in [0.2, 0.25) is 27.4 Å². The molecule has 0 atom stereocenters. The van der Waals surface area contributed by atoms with E-state index in [0.717, 1.165) is 27.9 Å². The highest BCUT2D eigenvalue weighted by Crippen LogP contribution is 2.36. The van der Waals surface area contributed by atoms with Crippen LogP contribution in [0.1, 0.15) is 13.8 Å². The van der Waals surface area contributed by atoms with Gasteiger partial charge < -0.3 is 4.18 Å². The molecule has 0 amide bonds. The van der Waals surface area contributed by atoms with Gasteiger partial charge in [0, 0.05) is 14.1 Å². The van der Waals surface area contributed by atoms with Crippen molar-refractivity contribution in [1.82, 2.24) is 4.31 Å². The molecule has 23 heavy (non-hydrogen) atoms. The van der Waals surface area contributed by atoms with Gasteiger partial charge in [0.25, 0.3) is 0 Å². The van der Waals surface area contributed by atoms with E-state index in [0.29, 0.717) is 4.31 Å². The van der Waals surface area contributed by atoms with Gasteiger partial charge in [-0.3, -0.25) is 0 Å². The zero-order chi connectivity index (χ0) is 18.3. The van der Waals surface area contributed by atoms with Gasteiger partial charge in [-0.25, -0.2) is 25.9 Å². The molecule has 0 saturated heterocycles. The van der Waals surface area contributed by atoms with Gasteiger partial charge in [-0.15, -0.1) is 0 Å².